The lowest BCUT2D eigenvalue weighted by molar-refractivity contribution is 0.103. The van der Waals surface area contributed by atoms with Crippen molar-refractivity contribution >= 4 is 21.5 Å². The van der Waals surface area contributed by atoms with Crippen molar-refractivity contribution in [2.75, 3.05) is 4.72 Å². The van der Waals surface area contributed by atoms with Crippen LogP contribution in [0.5, 0.6) is 0 Å². The Morgan fingerprint density at radius 2 is 1.19 bits per heavy atom. The molecule has 0 aliphatic rings. The summed E-state index contributed by atoms with van der Waals surface area (Å²) >= 11 is 0. The van der Waals surface area contributed by atoms with E-state index >= 15 is 0 Å². The summed E-state index contributed by atoms with van der Waals surface area (Å²) < 4.78 is 54.4. The van der Waals surface area contributed by atoms with Crippen molar-refractivity contribution in [2.45, 2.75) is 4.90 Å². The minimum Gasteiger partial charge on any atom is -0.289 e. The summed E-state index contributed by atoms with van der Waals surface area (Å²) in [5.74, 6) is -1.11. The molecule has 4 aromatic carbocycles. The Bertz CT molecular complexity index is 1370. The van der Waals surface area contributed by atoms with Crippen molar-refractivity contribution in [3.05, 3.63) is 120 Å². The third-order valence-electron chi connectivity index (χ3n) is 4.83. The topological polar surface area (TPSA) is 63.2 Å². The molecule has 0 aliphatic carbocycles. The van der Waals surface area contributed by atoms with Crippen LogP contribution in [-0.2, 0) is 10.0 Å². The molecule has 0 bridgehead atoms. The van der Waals surface area contributed by atoms with E-state index in [1.54, 1.807) is 24.3 Å². The molecular weight excluding hydrogens is 432 g/mol. The Labute approximate surface area is 184 Å². The average molecular weight is 449 g/mol. The van der Waals surface area contributed by atoms with Crippen molar-refractivity contribution < 1.29 is 22.0 Å². The molecule has 7 heteroatoms. The van der Waals surface area contributed by atoms with Gasteiger partial charge in [0.15, 0.2) is 5.78 Å². The third kappa shape index (κ3) is 4.73. The molecule has 0 atom stereocenters. The Balaban J connectivity index is 1.53. The summed E-state index contributed by atoms with van der Waals surface area (Å²) in [5.41, 5.74) is 2.28. The second kappa shape index (κ2) is 8.72. The van der Waals surface area contributed by atoms with Crippen molar-refractivity contribution in [3.8, 4) is 11.1 Å². The van der Waals surface area contributed by atoms with E-state index < -0.39 is 15.8 Å². The smallest absolute Gasteiger partial charge is 0.261 e. The number of anilines is 1. The van der Waals surface area contributed by atoms with Crippen LogP contribution in [0.1, 0.15) is 15.9 Å². The number of rotatable bonds is 6. The highest BCUT2D eigenvalue weighted by Gasteiger charge is 2.16. The minimum atomic E-state index is -3.89. The molecule has 0 aromatic heterocycles. The molecule has 32 heavy (non-hydrogen) atoms. The van der Waals surface area contributed by atoms with Crippen molar-refractivity contribution in [3.63, 3.8) is 0 Å². The first-order chi connectivity index (χ1) is 15.3. The Hall–Kier alpha value is -3.84. The Morgan fingerprint density at radius 1 is 0.656 bits per heavy atom. The van der Waals surface area contributed by atoms with Crippen LogP contribution in [0.15, 0.2) is 102 Å². The third-order valence-corrected chi connectivity index (χ3v) is 6.21. The summed E-state index contributed by atoms with van der Waals surface area (Å²) in [6.07, 6.45) is 0. The quantitative estimate of drug-likeness (QED) is 0.386. The van der Waals surface area contributed by atoms with Crippen LogP contribution in [0.2, 0.25) is 0 Å². The van der Waals surface area contributed by atoms with E-state index in [1.807, 2.05) is 0 Å². The maximum Gasteiger partial charge on any atom is 0.261 e. The van der Waals surface area contributed by atoms with E-state index in [-0.39, 0.29) is 22.2 Å². The van der Waals surface area contributed by atoms with Gasteiger partial charge < -0.3 is 0 Å². The van der Waals surface area contributed by atoms with Crippen molar-refractivity contribution in [1.82, 2.24) is 0 Å². The molecule has 0 spiro atoms. The van der Waals surface area contributed by atoms with Gasteiger partial charge in [-0.1, -0.05) is 24.3 Å². The molecule has 4 rings (SSSR count). The monoisotopic (exact) mass is 449 g/mol. The number of carbonyl (C=O) groups is 1. The molecule has 4 aromatic rings. The van der Waals surface area contributed by atoms with Gasteiger partial charge in [-0.3, -0.25) is 9.52 Å². The van der Waals surface area contributed by atoms with Gasteiger partial charge in [0, 0.05) is 16.8 Å². The van der Waals surface area contributed by atoms with Gasteiger partial charge in [0.2, 0.25) is 0 Å². The lowest BCUT2D eigenvalue weighted by Crippen LogP contribution is -2.13. The predicted molar refractivity (Wildman–Crippen MR) is 119 cm³/mol. The molecule has 0 unspecified atom stereocenters. The summed E-state index contributed by atoms with van der Waals surface area (Å²) in [6, 6.07) is 23.2. The average Bonchev–Trinajstić information content (AvgIpc) is 2.80. The predicted octanol–water partition coefficient (Wildman–Crippen LogP) is 5.66. The van der Waals surface area contributed by atoms with Crippen molar-refractivity contribution in [2.24, 2.45) is 0 Å². The van der Waals surface area contributed by atoms with Crippen LogP contribution in [-0.4, -0.2) is 14.2 Å². The van der Waals surface area contributed by atoms with E-state index in [0.29, 0.717) is 22.3 Å². The molecule has 0 radical (unpaired) electrons. The molecule has 1 N–H and O–H groups in total. The van der Waals surface area contributed by atoms with Gasteiger partial charge in [0.05, 0.1) is 4.90 Å². The van der Waals surface area contributed by atoms with E-state index in [9.17, 15) is 22.0 Å². The maximum absolute atomic E-state index is 13.2. The van der Waals surface area contributed by atoms with Crippen LogP contribution in [0, 0.1) is 11.6 Å². The fourth-order valence-corrected chi connectivity index (χ4v) is 4.26. The standard InChI is InChI=1S/C25H17F2NO3S/c26-21-10-4-17(5-11-21)20-2-1-3-24(16-20)32(30,31)28-23-14-8-19(9-15-23)25(29)18-6-12-22(27)13-7-18/h1-16,28H. The van der Waals surface area contributed by atoms with Gasteiger partial charge >= 0.3 is 0 Å². The number of halogens is 2. The number of benzene rings is 4. The van der Waals surface area contributed by atoms with E-state index in [4.69, 9.17) is 0 Å². The molecule has 0 fully saturated rings. The van der Waals surface area contributed by atoms with Gasteiger partial charge in [-0.25, -0.2) is 17.2 Å². The first-order valence-corrected chi connectivity index (χ1v) is 11.1. The van der Waals surface area contributed by atoms with E-state index in [2.05, 4.69) is 4.72 Å². The SMILES string of the molecule is O=C(c1ccc(F)cc1)c1ccc(NS(=O)(=O)c2cccc(-c3ccc(F)cc3)c2)cc1. The number of hydrogen-bond donors (Lipinski definition) is 1. The summed E-state index contributed by atoms with van der Waals surface area (Å²) in [7, 11) is -3.89. The van der Waals surface area contributed by atoms with Crippen molar-refractivity contribution in [1.29, 1.82) is 0 Å². The zero-order valence-electron chi connectivity index (χ0n) is 16.6. The molecule has 0 saturated heterocycles. The maximum atomic E-state index is 13.2. The molecule has 0 saturated carbocycles. The summed E-state index contributed by atoms with van der Waals surface area (Å²) in [4.78, 5) is 12.5. The number of sulfonamides is 1. The fraction of sp³-hybridized carbons (Fsp3) is 0. The van der Waals surface area contributed by atoms with Gasteiger partial charge in [0.1, 0.15) is 11.6 Å². The van der Waals surface area contributed by atoms with Crippen LogP contribution < -0.4 is 4.72 Å². The molecule has 0 heterocycles. The Morgan fingerprint density at radius 3 is 1.78 bits per heavy atom. The van der Waals surface area contributed by atoms with Gasteiger partial charge in [-0.15, -0.1) is 0 Å². The highest BCUT2D eigenvalue weighted by molar-refractivity contribution is 7.92. The van der Waals surface area contributed by atoms with Crippen LogP contribution in [0.3, 0.4) is 0 Å². The highest BCUT2D eigenvalue weighted by Crippen LogP contribution is 2.24. The number of ketones is 1. The first-order valence-electron chi connectivity index (χ1n) is 9.61. The zero-order chi connectivity index (χ0) is 22.7. The largest absolute Gasteiger partial charge is 0.289 e. The van der Waals surface area contributed by atoms with E-state index in [0.717, 1.165) is 0 Å². The van der Waals surface area contributed by atoms with E-state index in [1.165, 1.54) is 72.8 Å². The van der Waals surface area contributed by atoms with Gasteiger partial charge in [-0.05, 0) is 83.9 Å². The summed E-state index contributed by atoms with van der Waals surface area (Å²) in [5, 5.41) is 0. The lowest BCUT2D eigenvalue weighted by Gasteiger charge is -2.10. The second-order valence-corrected chi connectivity index (χ2v) is 8.74. The van der Waals surface area contributed by atoms with Gasteiger partial charge in [0.25, 0.3) is 10.0 Å². The highest BCUT2D eigenvalue weighted by atomic mass is 32.2. The Kier molecular flexibility index (Phi) is 5.83. The van der Waals surface area contributed by atoms with Crippen LogP contribution >= 0.6 is 0 Å². The summed E-state index contributed by atoms with van der Waals surface area (Å²) in [6.45, 7) is 0. The minimum absolute atomic E-state index is 0.0470. The lowest BCUT2D eigenvalue weighted by atomic mass is 10.0. The van der Waals surface area contributed by atoms with Crippen LogP contribution in [0.4, 0.5) is 14.5 Å². The molecule has 160 valence electrons. The van der Waals surface area contributed by atoms with Crippen LogP contribution in [0.25, 0.3) is 11.1 Å². The second-order valence-electron chi connectivity index (χ2n) is 7.05. The molecule has 0 aliphatic heterocycles. The molecule has 0 amide bonds. The fourth-order valence-electron chi connectivity index (χ4n) is 3.16. The number of nitrogens with one attached hydrogen (secondary N) is 1. The number of carbonyl (C=O) groups excluding carboxylic acids is 1. The molecular formula is C25H17F2NO3S. The number of hydrogen-bond acceptors (Lipinski definition) is 3. The normalized spacial score (nSPS) is 11.2. The first kappa shape index (κ1) is 21.4. The molecule has 4 nitrogen and oxygen atoms in total. The van der Waals surface area contributed by atoms with Gasteiger partial charge in [-0.2, -0.15) is 0 Å². The zero-order valence-corrected chi connectivity index (χ0v) is 17.4.